The summed E-state index contributed by atoms with van der Waals surface area (Å²) < 4.78 is 5.76. The van der Waals surface area contributed by atoms with Gasteiger partial charge in [0.2, 0.25) is 0 Å². The molecule has 0 aromatic carbocycles. The first kappa shape index (κ1) is 15.1. The molecule has 0 radical (unpaired) electrons. The maximum Gasteiger partial charge on any atom is 0.265 e. The van der Waals surface area contributed by atoms with Gasteiger partial charge in [-0.3, -0.25) is 4.79 Å². The van der Waals surface area contributed by atoms with Crippen molar-refractivity contribution in [1.29, 1.82) is 0 Å². The molecule has 7 heteroatoms. The van der Waals surface area contributed by atoms with Gasteiger partial charge in [0, 0.05) is 13.6 Å². The van der Waals surface area contributed by atoms with E-state index in [4.69, 9.17) is 10.5 Å². The zero-order valence-electron chi connectivity index (χ0n) is 11.8. The van der Waals surface area contributed by atoms with Crippen LogP contribution in [-0.4, -0.2) is 37.2 Å². The average Bonchev–Trinajstić information content (AvgIpc) is 2.86. The van der Waals surface area contributed by atoms with Gasteiger partial charge in [-0.25, -0.2) is 4.98 Å². The number of aromatic nitrogens is 1. The lowest BCUT2D eigenvalue weighted by Crippen LogP contribution is -2.29. The highest BCUT2D eigenvalue weighted by Gasteiger charge is 2.16. The van der Waals surface area contributed by atoms with Crippen LogP contribution in [0, 0.1) is 0 Å². The number of carbonyl (C=O) groups is 1. The molecule has 1 aromatic rings. The number of ether oxygens (including phenoxy) is 1. The molecule has 1 heterocycles. The standard InChI is InChI=1S/C13H22N4O2S/c1-15-13-17-11(14)10(20-13)12(18)16-7-8-19-9-5-3-2-4-6-9/h9H,2-8,14H2,1H3,(H,15,17)(H,16,18). The molecule has 1 aliphatic rings. The highest BCUT2D eigenvalue weighted by atomic mass is 32.1. The van der Waals surface area contributed by atoms with E-state index in [1.807, 2.05) is 0 Å². The third-order valence-corrected chi connectivity index (χ3v) is 4.45. The summed E-state index contributed by atoms with van der Waals surface area (Å²) in [5.41, 5.74) is 5.71. The number of carbonyl (C=O) groups excluding carboxylic acids is 1. The van der Waals surface area contributed by atoms with Crippen molar-refractivity contribution < 1.29 is 9.53 Å². The lowest BCUT2D eigenvalue weighted by atomic mass is 9.98. The first-order chi connectivity index (χ1) is 9.70. The van der Waals surface area contributed by atoms with Gasteiger partial charge in [-0.05, 0) is 12.8 Å². The molecule has 6 nitrogen and oxygen atoms in total. The number of nitrogens with two attached hydrogens (primary N) is 1. The molecule has 20 heavy (non-hydrogen) atoms. The van der Waals surface area contributed by atoms with Crippen molar-refractivity contribution in [2.24, 2.45) is 0 Å². The largest absolute Gasteiger partial charge is 0.382 e. The molecule has 0 bridgehead atoms. The number of hydrogen-bond donors (Lipinski definition) is 3. The Labute approximate surface area is 123 Å². The van der Waals surface area contributed by atoms with E-state index in [9.17, 15) is 4.79 Å². The van der Waals surface area contributed by atoms with Crippen molar-refractivity contribution in [2.75, 3.05) is 31.2 Å². The second-order valence-corrected chi connectivity index (χ2v) is 5.87. The Kier molecular flexibility index (Phi) is 5.60. The van der Waals surface area contributed by atoms with Crippen molar-refractivity contribution in [3.63, 3.8) is 0 Å². The lowest BCUT2D eigenvalue weighted by Gasteiger charge is -2.21. The maximum absolute atomic E-state index is 11.9. The van der Waals surface area contributed by atoms with Gasteiger partial charge in [-0.2, -0.15) is 0 Å². The molecule has 1 aliphatic carbocycles. The van der Waals surface area contributed by atoms with Crippen LogP contribution in [0.25, 0.3) is 0 Å². The van der Waals surface area contributed by atoms with Crippen LogP contribution in [0.2, 0.25) is 0 Å². The average molecular weight is 298 g/mol. The fraction of sp³-hybridized carbons (Fsp3) is 0.692. The van der Waals surface area contributed by atoms with Crippen LogP contribution in [0.1, 0.15) is 41.8 Å². The fourth-order valence-electron chi connectivity index (χ4n) is 2.30. The van der Waals surface area contributed by atoms with E-state index >= 15 is 0 Å². The number of rotatable bonds is 6. The number of nitrogens with one attached hydrogen (secondary N) is 2. The summed E-state index contributed by atoms with van der Waals surface area (Å²) >= 11 is 1.25. The molecular formula is C13H22N4O2S. The highest BCUT2D eigenvalue weighted by Crippen LogP contribution is 2.24. The summed E-state index contributed by atoms with van der Waals surface area (Å²) in [6, 6.07) is 0. The zero-order valence-corrected chi connectivity index (χ0v) is 12.6. The fourth-order valence-corrected chi connectivity index (χ4v) is 3.06. The molecule has 112 valence electrons. The van der Waals surface area contributed by atoms with Crippen LogP contribution >= 0.6 is 11.3 Å². The molecule has 1 aromatic heterocycles. The van der Waals surface area contributed by atoms with Crippen LogP contribution in [-0.2, 0) is 4.74 Å². The molecule has 2 rings (SSSR count). The van der Waals surface area contributed by atoms with Crippen molar-refractivity contribution in [3.8, 4) is 0 Å². The van der Waals surface area contributed by atoms with Gasteiger partial charge < -0.3 is 21.1 Å². The quantitative estimate of drug-likeness (QED) is 0.697. The first-order valence-corrected chi connectivity index (χ1v) is 7.86. The van der Waals surface area contributed by atoms with Gasteiger partial charge in [0.15, 0.2) is 5.13 Å². The molecule has 4 N–H and O–H groups in total. The number of hydrogen-bond acceptors (Lipinski definition) is 6. The summed E-state index contributed by atoms with van der Waals surface area (Å²) in [7, 11) is 1.75. The Balaban J connectivity index is 1.70. The van der Waals surface area contributed by atoms with Crippen molar-refractivity contribution >= 4 is 28.2 Å². The Morgan fingerprint density at radius 1 is 1.45 bits per heavy atom. The first-order valence-electron chi connectivity index (χ1n) is 7.04. The topological polar surface area (TPSA) is 89.3 Å². The summed E-state index contributed by atoms with van der Waals surface area (Å²) in [6.45, 7) is 1.05. The molecule has 0 aliphatic heterocycles. The Morgan fingerprint density at radius 2 is 2.20 bits per heavy atom. The minimum Gasteiger partial charge on any atom is -0.382 e. The van der Waals surface area contributed by atoms with E-state index in [1.54, 1.807) is 7.05 Å². The Morgan fingerprint density at radius 3 is 2.85 bits per heavy atom. The minimum absolute atomic E-state index is 0.186. The van der Waals surface area contributed by atoms with Gasteiger partial charge in [-0.1, -0.05) is 30.6 Å². The van der Waals surface area contributed by atoms with Gasteiger partial charge >= 0.3 is 0 Å². The van der Waals surface area contributed by atoms with E-state index < -0.39 is 0 Å². The monoisotopic (exact) mass is 298 g/mol. The van der Waals surface area contributed by atoms with E-state index in [2.05, 4.69) is 15.6 Å². The molecule has 1 amide bonds. The minimum atomic E-state index is -0.186. The molecule has 0 unspecified atom stereocenters. The lowest BCUT2D eigenvalue weighted by molar-refractivity contribution is 0.0300. The zero-order chi connectivity index (χ0) is 14.4. The summed E-state index contributed by atoms with van der Waals surface area (Å²) in [4.78, 5) is 16.4. The second kappa shape index (κ2) is 7.44. The van der Waals surface area contributed by atoms with E-state index in [0.717, 1.165) is 12.8 Å². The van der Waals surface area contributed by atoms with E-state index in [-0.39, 0.29) is 11.7 Å². The predicted molar refractivity (Wildman–Crippen MR) is 81.2 cm³/mol. The molecule has 1 saturated carbocycles. The van der Waals surface area contributed by atoms with Gasteiger partial charge in [0.25, 0.3) is 5.91 Å². The highest BCUT2D eigenvalue weighted by molar-refractivity contribution is 7.18. The van der Waals surface area contributed by atoms with Crippen LogP contribution < -0.4 is 16.4 Å². The third kappa shape index (κ3) is 4.08. The third-order valence-electron chi connectivity index (χ3n) is 3.37. The molecule has 0 saturated heterocycles. The number of amides is 1. The summed E-state index contributed by atoms with van der Waals surface area (Å²) in [6.07, 6.45) is 6.46. The Hall–Kier alpha value is -1.34. The summed E-state index contributed by atoms with van der Waals surface area (Å²) in [5, 5.41) is 6.34. The van der Waals surface area contributed by atoms with Crippen molar-refractivity contribution in [2.45, 2.75) is 38.2 Å². The van der Waals surface area contributed by atoms with Crippen LogP contribution in [0.3, 0.4) is 0 Å². The predicted octanol–water partition coefficient (Wildman–Crippen LogP) is 1.85. The number of nitrogen functional groups attached to an aromatic ring is 1. The van der Waals surface area contributed by atoms with Crippen molar-refractivity contribution in [1.82, 2.24) is 10.3 Å². The number of thiazole rings is 1. The Bertz CT molecular complexity index is 444. The van der Waals surface area contributed by atoms with Crippen LogP contribution in [0.4, 0.5) is 10.9 Å². The smallest absolute Gasteiger partial charge is 0.265 e. The van der Waals surface area contributed by atoms with Crippen LogP contribution in [0.15, 0.2) is 0 Å². The van der Waals surface area contributed by atoms with Gasteiger partial charge in [0.1, 0.15) is 10.7 Å². The number of anilines is 2. The van der Waals surface area contributed by atoms with Crippen molar-refractivity contribution in [3.05, 3.63) is 4.88 Å². The van der Waals surface area contributed by atoms with Gasteiger partial charge in [-0.15, -0.1) is 0 Å². The second-order valence-electron chi connectivity index (χ2n) is 4.87. The maximum atomic E-state index is 11.9. The number of nitrogens with zero attached hydrogens (tertiary/aromatic N) is 1. The molecular weight excluding hydrogens is 276 g/mol. The van der Waals surface area contributed by atoms with E-state index in [1.165, 1.54) is 30.6 Å². The SMILES string of the molecule is CNc1nc(N)c(C(=O)NCCOC2CCCCC2)s1. The summed E-state index contributed by atoms with van der Waals surface area (Å²) in [5.74, 6) is 0.0822. The van der Waals surface area contributed by atoms with Crippen LogP contribution in [0.5, 0.6) is 0 Å². The molecule has 0 atom stereocenters. The van der Waals surface area contributed by atoms with Gasteiger partial charge in [0.05, 0.1) is 12.7 Å². The van der Waals surface area contributed by atoms with E-state index in [0.29, 0.717) is 29.3 Å². The molecule has 1 fully saturated rings. The normalized spacial score (nSPS) is 16.1. The molecule has 0 spiro atoms.